The third kappa shape index (κ3) is 6.18. The number of amides is 2. The molecule has 2 aromatic carbocycles. The van der Waals surface area contributed by atoms with Gasteiger partial charge in [0.1, 0.15) is 18.1 Å². The molecule has 3 aromatic rings. The summed E-state index contributed by atoms with van der Waals surface area (Å²) in [6.45, 7) is 1.37. The summed E-state index contributed by atoms with van der Waals surface area (Å²) in [5.74, 6) is -2.56. The lowest BCUT2D eigenvalue weighted by Crippen LogP contribution is -2.57. The number of fused-ring (bicyclic) bond motifs is 1. The summed E-state index contributed by atoms with van der Waals surface area (Å²) >= 11 is 0. The van der Waals surface area contributed by atoms with Crippen LogP contribution >= 0.6 is 0 Å². The average Bonchev–Trinajstić information content (AvgIpc) is 3.21. The maximum Gasteiger partial charge on any atom is 0.326 e. The number of nitrogens with one attached hydrogen (secondary N) is 3. The minimum atomic E-state index is -1.23. The van der Waals surface area contributed by atoms with Crippen LogP contribution in [0.3, 0.4) is 0 Å². The number of aliphatic carboxylic acids is 1. The van der Waals surface area contributed by atoms with Gasteiger partial charge in [0.15, 0.2) is 0 Å². The number of hydrogen-bond donors (Lipinski definition) is 6. The summed E-state index contributed by atoms with van der Waals surface area (Å²) < 4.78 is 0. The van der Waals surface area contributed by atoms with E-state index in [1.165, 1.54) is 6.92 Å². The first-order chi connectivity index (χ1) is 15.8. The maximum atomic E-state index is 13.1. The van der Waals surface area contributed by atoms with Crippen LogP contribution in [-0.4, -0.2) is 57.2 Å². The number of H-pyrrole nitrogens is 1. The van der Waals surface area contributed by atoms with Crippen molar-refractivity contribution < 1.29 is 24.6 Å². The molecule has 0 aliphatic carbocycles. The van der Waals surface area contributed by atoms with Gasteiger partial charge in [0.05, 0.1) is 6.10 Å². The largest absolute Gasteiger partial charge is 0.480 e. The molecule has 33 heavy (non-hydrogen) atoms. The average molecular weight is 453 g/mol. The number of carbonyl (C=O) groups excluding carboxylic acids is 2. The number of nitrogens with two attached hydrogens (primary N) is 1. The van der Waals surface area contributed by atoms with Crippen molar-refractivity contribution in [2.45, 2.75) is 44.0 Å². The van der Waals surface area contributed by atoms with Gasteiger partial charge in [-0.05, 0) is 24.1 Å². The molecule has 0 radical (unpaired) electrons. The normalized spacial score (nSPS) is 14.8. The molecule has 0 spiro atoms. The maximum absolute atomic E-state index is 13.1. The fraction of sp³-hybridized carbons (Fsp3) is 0.292. The quantitative estimate of drug-likeness (QED) is 0.266. The second kappa shape index (κ2) is 10.8. The van der Waals surface area contributed by atoms with Crippen molar-refractivity contribution in [1.82, 2.24) is 15.6 Å². The number of aliphatic hydroxyl groups excluding tert-OH is 1. The molecule has 0 saturated carbocycles. The van der Waals surface area contributed by atoms with E-state index in [4.69, 9.17) is 5.73 Å². The zero-order valence-electron chi connectivity index (χ0n) is 18.2. The number of aliphatic hydroxyl groups is 1. The molecule has 0 fully saturated rings. The zero-order valence-corrected chi connectivity index (χ0v) is 18.2. The Balaban J connectivity index is 1.82. The van der Waals surface area contributed by atoms with Crippen molar-refractivity contribution in [3.05, 3.63) is 71.9 Å². The monoisotopic (exact) mass is 452 g/mol. The van der Waals surface area contributed by atoms with Gasteiger partial charge in [-0.25, -0.2) is 4.79 Å². The van der Waals surface area contributed by atoms with Gasteiger partial charge in [-0.3, -0.25) is 9.59 Å². The number of para-hydroxylation sites is 1. The highest BCUT2D eigenvalue weighted by Gasteiger charge is 2.30. The number of hydrogen-bond acceptors (Lipinski definition) is 5. The molecule has 9 heteroatoms. The Hall–Kier alpha value is -3.69. The predicted octanol–water partition coefficient (Wildman–Crippen LogP) is 0.715. The van der Waals surface area contributed by atoms with Gasteiger partial charge < -0.3 is 31.6 Å². The van der Waals surface area contributed by atoms with Crippen molar-refractivity contribution in [2.24, 2.45) is 5.73 Å². The number of carboxylic acids is 1. The molecule has 0 aliphatic rings. The second-order valence-corrected chi connectivity index (χ2v) is 7.98. The van der Waals surface area contributed by atoms with Crippen molar-refractivity contribution >= 4 is 28.7 Å². The number of carbonyl (C=O) groups is 3. The molecule has 0 aliphatic heterocycles. The Morgan fingerprint density at radius 3 is 2.24 bits per heavy atom. The first kappa shape index (κ1) is 24.0. The summed E-state index contributed by atoms with van der Waals surface area (Å²) in [5, 5.41) is 25.3. The highest BCUT2D eigenvalue weighted by Crippen LogP contribution is 2.19. The van der Waals surface area contributed by atoms with E-state index in [-0.39, 0.29) is 12.8 Å². The zero-order chi connectivity index (χ0) is 24.0. The molecule has 1 heterocycles. The van der Waals surface area contributed by atoms with Crippen LogP contribution < -0.4 is 16.4 Å². The van der Waals surface area contributed by atoms with Gasteiger partial charge in [-0.15, -0.1) is 0 Å². The van der Waals surface area contributed by atoms with Gasteiger partial charge in [0, 0.05) is 29.9 Å². The number of aromatic nitrogens is 1. The summed E-state index contributed by atoms with van der Waals surface area (Å²) in [6, 6.07) is 12.9. The van der Waals surface area contributed by atoms with Crippen LogP contribution in [0.5, 0.6) is 0 Å². The lowest BCUT2D eigenvalue weighted by atomic mass is 10.0. The summed E-state index contributed by atoms with van der Waals surface area (Å²) in [7, 11) is 0. The van der Waals surface area contributed by atoms with E-state index in [2.05, 4.69) is 15.6 Å². The van der Waals surface area contributed by atoms with Crippen LogP contribution in [0.2, 0.25) is 0 Å². The van der Waals surface area contributed by atoms with E-state index in [1.54, 1.807) is 30.5 Å². The first-order valence-electron chi connectivity index (χ1n) is 10.6. The van der Waals surface area contributed by atoms with Gasteiger partial charge >= 0.3 is 5.97 Å². The second-order valence-electron chi connectivity index (χ2n) is 7.98. The molecule has 7 N–H and O–H groups in total. The van der Waals surface area contributed by atoms with Gasteiger partial charge in [0.2, 0.25) is 11.8 Å². The number of aromatic amines is 1. The summed E-state index contributed by atoms with van der Waals surface area (Å²) in [5.41, 5.74) is 8.12. The Morgan fingerprint density at radius 1 is 0.939 bits per heavy atom. The Labute approximate surface area is 191 Å². The van der Waals surface area contributed by atoms with Crippen LogP contribution in [0.15, 0.2) is 60.8 Å². The van der Waals surface area contributed by atoms with Crippen LogP contribution in [0.4, 0.5) is 0 Å². The van der Waals surface area contributed by atoms with Crippen LogP contribution in [0.1, 0.15) is 18.1 Å². The molecule has 4 atom stereocenters. The highest BCUT2D eigenvalue weighted by atomic mass is 16.4. The first-order valence-corrected chi connectivity index (χ1v) is 10.6. The molecule has 174 valence electrons. The van der Waals surface area contributed by atoms with E-state index in [0.717, 1.165) is 22.0 Å². The number of benzene rings is 2. The van der Waals surface area contributed by atoms with Crippen molar-refractivity contribution in [1.29, 1.82) is 0 Å². The van der Waals surface area contributed by atoms with Gasteiger partial charge in [-0.2, -0.15) is 0 Å². The van der Waals surface area contributed by atoms with Crippen molar-refractivity contribution in [3.63, 3.8) is 0 Å². The van der Waals surface area contributed by atoms with E-state index in [1.807, 2.05) is 30.3 Å². The molecule has 0 bridgehead atoms. The topological polar surface area (TPSA) is 158 Å². The predicted molar refractivity (Wildman–Crippen MR) is 123 cm³/mol. The third-order valence-electron chi connectivity index (χ3n) is 5.45. The lowest BCUT2D eigenvalue weighted by molar-refractivity contribution is -0.142. The van der Waals surface area contributed by atoms with Crippen LogP contribution in [0, 0.1) is 0 Å². The van der Waals surface area contributed by atoms with E-state index < -0.39 is 42.0 Å². The van der Waals surface area contributed by atoms with Crippen molar-refractivity contribution in [2.75, 3.05) is 0 Å². The minimum absolute atomic E-state index is 0.0862. The molecule has 0 saturated heterocycles. The van der Waals surface area contributed by atoms with Crippen LogP contribution in [0.25, 0.3) is 10.9 Å². The molecular weight excluding hydrogens is 424 g/mol. The van der Waals surface area contributed by atoms with E-state index >= 15 is 0 Å². The third-order valence-corrected chi connectivity index (χ3v) is 5.45. The standard InChI is InChI=1S/C24H28N4O5/c1-14(29)21(25)23(31)27-19(12-16-13-26-18-10-6-5-9-17(16)18)22(30)28-20(24(32)33)11-15-7-3-2-4-8-15/h2-10,13-14,19-21,26,29H,11-12,25H2,1H3,(H,27,31)(H,28,30)(H,32,33). The smallest absolute Gasteiger partial charge is 0.326 e. The molecular formula is C24H28N4O5. The van der Waals surface area contributed by atoms with E-state index in [9.17, 15) is 24.6 Å². The van der Waals surface area contributed by atoms with Gasteiger partial charge in [0.25, 0.3) is 0 Å². The lowest BCUT2D eigenvalue weighted by Gasteiger charge is -2.23. The SMILES string of the molecule is CC(O)C(N)C(=O)NC(Cc1c[nH]c2ccccc12)C(=O)NC(Cc1ccccc1)C(=O)O. The van der Waals surface area contributed by atoms with Gasteiger partial charge in [-0.1, -0.05) is 48.5 Å². The Kier molecular flexibility index (Phi) is 7.81. The molecule has 9 nitrogen and oxygen atoms in total. The number of rotatable bonds is 10. The molecule has 2 amide bonds. The van der Waals surface area contributed by atoms with E-state index in [0.29, 0.717) is 0 Å². The fourth-order valence-corrected chi connectivity index (χ4v) is 3.54. The molecule has 4 unspecified atom stereocenters. The summed E-state index contributed by atoms with van der Waals surface area (Å²) in [4.78, 5) is 40.6. The highest BCUT2D eigenvalue weighted by molar-refractivity contribution is 5.93. The van der Waals surface area contributed by atoms with Crippen molar-refractivity contribution in [3.8, 4) is 0 Å². The van der Waals surface area contributed by atoms with Crippen LogP contribution in [-0.2, 0) is 27.2 Å². The Morgan fingerprint density at radius 2 is 1.58 bits per heavy atom. The minimum Gasteiger partial charge on any atom is -0.480 e. The molecule has 3 rings (SSSR count). The molecule has 1 aromatic heterocycles. The number of carboxylic acid groups (broad SMARTS) is 1. The summed E-state index contributed by atoms with van der Waals surface area (Å²) in [6.07, 6.45) is 0.811. The Bertz CT molecular complexity index is 1110. The fourth-order valence-electron chi connectivity index (χ4n) is 3.54.